The van der Waals surface area contributed by atoms with Gasteiger partial charge in [-0.25, -0.2) is 4.39 Å². The van der Waals surface area contributed by atoms with Gasteiger partial charge in [-0.15, -0.1) is 22.9 Å². The second-order valence-corrected chi connectivity index (χ2v) is 4.13. The Bertz CT molecular complexity index is 413. The molecule has 0 amide bonds. The van der Waals surface area contributed by atoms with E-state index in [4.69, 9.17) is 17.3 Å². The maximum absolute atomic E-state index is 13.2. The summed E-state index contributed by atoms with van der Waals surface area (Å²) >= 11 is 7.00. The summed E-state index contributed by atoms with van der Waals surface area (Å²) in [5.74, 6) is 0.170. The lowest BCUT2D eigenvalue weighted by molar-refractivity contribution is 0.642. The van der Waals surface area contributed by atoms with E-state index in [1.165, 1.54) is 17.4 Å². The molecule has 0 aliphatic carbocycles. The van der Waals surface area contributed by atoms with E-state index in [1.807, 2.05) is 6.07 Å². The van der Waals surface area contributed by atoms with E-state index in [0.717, 1.165) is 10.3 Å². The number of benzene rings is 1. The van der Waals surface area contributed by atoms with Crippen LogP contribution in [0.15, 0.2) is 18.2 Å². The highest BCUT2D eigenvalue weighted by molar-refractivity contribution is 7.19. The van der Waals surface area contributed by atoms with E-state index >= 15 is 0 Å². The van der Waals surface area contributed by atoms with Gasteiger partial charge in [-0.2, -0.15) is 0 Å². The molecule has 1 aromatic heterocycles. The molecule has 1 heterocycles. The third kappa shape index (κ3) is 1.38. The highest BCUT2D eigenvalue weighted by atomic mass is 35.5. The molecule has 0 atom stereocenters. The summed E-state index contributed by atoms with van der Waals surface area (Å²) in [6.45, 7) is 0. The quantitative estimate of drug-likeness (QED) is 0.573. The van der Waals surface area contributed by atoms with Crippen LogP contribution in [0.4, 0.5) is 10.1 Å². The highest BCUT2D eigenvalue weighted by Crippen LogP contribution is 2.32. The van der Waals surface area contributed by atoms with Crippen LogP contribution >= 0.6 is 22.9 Å². The van der Waals surface area contributed by atoms with Gasteiger partial charge in [0.2, 0.25) is 0 Å². The lowest BCUT2D eigenvalue weighted by Crippen LogP contribution is -1.85. The first kappa shape index (κ1) is 8.78. The van der Waals surface area contributed by atoms with Gasteiger partial charge in [-0.05, 0) is 18.2 Å². The Balaban J connectivity index is 2.80. The van der Waals surface area contributed by atoms with Crippen molar-refractivity contribution >= 4 is 38.7 Å². The Labute approximate surface area is 83.9 Å². The van der Waals surface area contributed by atoms with Gasteiger partial charge in [0.05, 0.1) is 10.6 Å². The van der Waals surface area contributed by atoms with Gasteiger partial charge in [0.25, 0.3) is 0 Å². The number of hydrogen-bond acceptors (Lipinski definition) is 2. The predicted octanol–water partition coefficient (Wildman–Crippen LogP) is 3.36. The molecule has 68 valence electrons. The Morgan fingerprint density at radius 1 is 1.46 bits per heavy atom. The summed E-state index contributed by atoms with van der Waals surface area (Å²) in [5.41, 5.74) is 6.29. The van der Waals surface area contributed by atoms with Gasteiger partial charge in [0.15, 0.2) is 0 Å². The number of halogens is 2. The van der Waals surface area contributed by atoms with E-state index in [0.29, 0.717) is 16.3 Å². The average molecular weight is 216 g/mol. The molecular weight excluding hydrogens is 209 g/mol. The van der Waals surface area contributed by atoms with Crippen molar-refractivity contribution in [3.63, 3.8) is 0 Å². The van der Waals surface area contributed by atoms with Crippen molar-refractivity contribution in [1.82, 2.24) is 0 Å². The Morgan fingerprint density at radius 3 is 2.85 bits per heavy atom. The molecule has 0 aliphatic heterocycles. The molecule has 2 aromatic rings. The van der Waals surface area contributed by atoms with Gasteiger partial charge in [-0.3, -0.25) is 0 Å². The topological polar surface area (TPSA) is 26.0 Å². The first-order valence-electron chi connectivity index (χ1n) is 3.74. The normalized spacial score (nSPS) is 10.9. The van der Waals surface area contributed by atoms with Crippen molar-refractivity contribution in [1.29, 1.82) is 0 Å². The van der Waals surface area contributed by atoms with Gasteiger partial charge >= 0.3 is 0 Å². The fourth-order valence-corrected chi connectivity index (χ4v) is 2.41. The smallest absolute Gasteiger partial charge is 0.141 e. The molecule has 0 fully saturated rings. The first-order chi connectivity index (χ1) is 6.22. The highest BCUT2D eigenvalue weighted by Gasteiger charge is 2.07. The molecule has 13 heavy (non-hydrogen) atoms. The van der Waals surface area contributed by atoms with E-state index in [-0.39, 0.29) is 5.82 Å². The standard InChI is InChI=1S/C9H7ClFNS/c10-4-5-3-6-8(12)2-1-7(11)9(6)13-5/h1-3H,4,12H2. The zero-order valence-corrected chi connectivity index (χ0v) is 8.25. The molecule has 0 saturated heterocycles. The van der Waals surface area contributed by atoms with Crippen molar-refractivity contribution in [2.45, 2.75) is 5.88 Å². The summed E-state index contributed by atoms with van der Waals surface area (Å²) in [6, 6.07) is 4.79. The molecule has 1 aromatic carbocycles. The lowest BCUT2D eigenvalue weighted by atomic mass is 10.2. The van der Waals surface area contributed by atoms with Gasteiger partial charge in [0, 0.05) is 16.0 Å². The third-order valence-corrected chi connectivity index (χ3v) is 3.44. The summed E-state index contributed by atoms with van der Waals surface area (Å²) in [6.07, 6.45) is 0. The summed E-state index contributed by atoms with van der Waals surface area (Å²) in [5, 5.41) is 0.764. The molecule has 0 radical (unpaired) electrons. The maximum Gasteiger partial charge on any atom is 0.141 e. The molecule has 1 nitrogen and oxygen atoms in total. The van der Waals surface area contributed by atoms with Crippen LogP contribution in [-0.4, -0.2) is 0 Å². The molecule has 0 aliphatic rings. The molecule has 0 saturated carbocycles. The summed E-state index contributed by atoms with van der Waals surface area (Å²) < 4.78 is 13.8. The largest absolute Gasteiger partial charge is 0.398 e. The number of anilines is 1. The van der Waals surface area contributed by atoms with E-state index in [2.05, 4.69) is 0 Å². The minimum absolute atomic E-state index is 0.231. The maximum atomic E-state index is 13.2. The van der Waals surface area contributed by atoms with Crippen LogP contribution < -0.4 is 5.73 Å². The van der Waals surface area contributed by atoms with Crippen LogP contribution in [0.2, 0.25) is 0 Å². The SMILES string of the molecule is Nc1ccc(F)c2sc(CCl)cc12. The minimum Gasteiger partial charge on any atom is -0.398 e. The fourth-order valence-electron chi connectivity index (χ4n) is 1.23. The van der Waals surface area contributed by atoms with Crippen LogP contribution in [0.3, 0.4) is 0 Å². The van der Waals surface area contributed by atoms with E-state index < -0.39 is 0 Å². The lowest BCUT2D eigenvalue weighted by Gasteiger charge is -1.95. The van der Waals surface area contributed by atoms with Crippen LogP contribution in [0, 0.1) is 5.82 Å². The van der Waals surface area contributed by atoms with E-state index in [9.17, 15) is 4.39 Å². The molecular formula is C9H7ClFNS. The predicted molar refractivity (Wildman–Crippen MR) is 55.8 cm³/mol. The fraction of sp³-hybridized carbons (Fsp3) is 0.111. The number of hydrogen-bond donors (Lipinski definition) is 1. The zero-order chi connectivity index (χ0) is 9.42. The van der Waals surface area contributed by atoms with Crippen LogP contribution in [0.1, 0.15) is 4.88 Å². The number of nitrogens with two attached hydrogens (primary N) is 1. The summed E-state index contributed by atoms with van der Waals surface area (Å²) in [7, 11) is 0. The first-order valence-corrected chi connectivity index (χ1v) is 5.10. The van der Waals surface area contributed by atoms with Crippen LogP contribution in [0.25, 0.3) is 10.1 Å². The number of thiophene rings is 1. The number of alkyl halides is 1. The average Bonchev–Trinajstić information content (AvgIpc) is 2.56. The summed E-state index contributed by atoms with van der Waals surface area (Å²) in [4.78, 5) is 0.938. The second-order valence-electron chi connectivity index (χ2n) is 2.73. The van der Waals surface area contributed by atoms with Gasteiger partial charge in [0.1, 0.15) is 5.82 Å². The van der Waals surface area contributed by atoms with Crippen molar-refractivity contribution in [3.05, 3.63) is 28.9 Å². The molecule has 4 heteroatoms. The van der Waals surface area contributed by atoms with Crippen molar-refractivity contribution in [2.24, 2.45) is 0 Å². The Kier molecular flexibility index (Phi) is 2.14. The Hall–Kier alpha value is -0.800. The number of fused-ring (bicyclic) bond motifs is 1. The van der Waals surface area contributed by atoms with Crippen molar-refractivity contribution in [3.8, 4) is 0 Å². The second kappa shape index (κ2) is 3.16. The van der Waals surface area contributed by atoms with Crippen LogP contribution in [-0.2, 0) is 5.88 Å². The van der Waals surface area contributed by atoms with Crippen LogP contribution in [0.5, 0.6) is 0 Å². The van der Waals surface area contributed by atoms with Crippen molar-refractivity contribution in [2.75, 3.05) is 5.73 Å². The molecule has 0 unspecified atom stereocenters. The zero-order valence-electron chi connectivity index (χ0n) is 6.68. The number of nitrogen functional groups attached to an aromatic ring is 1. The van der Waals surface area contributed by atoms with Crippen molar-refractivity contribution < 1.29 is 4.39 Å². The van der Waals surface area contributed by atoms with Gasteiger partial charge in [-0.1, -0.05) is 0 Å². The minimum atomic E-state index is -0.231. The number of rotatable bonds is 1. The van der Waals surface area contributed by atoms with Gasteiger partial charge < -0.3 is 5.73 Å². The van der Waals surface area contributed by atoms with E-state index in [1.54, 1.807) is 6.07 Å². The molecule has 2 rings (SSSR count). The Morgan fingerprint density at radius 2 is 2.23 bits per heavy atom. The molecule has 2 N–H and O–H groups in total. The molecule has 0 bridgehead atoms. The monoisotopic (exact) mass is 215 g/mol. The third-order valence-electron chi connectivity index (χ3n) is 1.85. The molecule has 0 spiro atoms.